The number of ether oxygens (including phenoxy) is 1. The summed E-state index contributed by atoms with van der Waals surface area (Å²) in [6, 6.07) is 6.76. The highest BCUT2D eigenvalue weighted by Gasteiger charge is 2.32. The number of morpholine rings is 1. The number of nitrogens with zero attached hydrogens (tertiary/aromatic N) is 8. The van der Waals surface area contributed by atoms with Crippen LogP contribution >= 0.6 is 0 Å². The number of hydrogen-bond donors (Lipinski definition) is 2. The lowest BCUT2D eigenvalue weighted by molar-refractivity contribution is 0.0643. The number of carbonyl (C=O) groups excluding carboxylic acids is 2. The molecule has 5 heterocycles. The Labute approximate surface area is 238 Å². The molecule has 3 N–H and O–H groups in total. The highest BCUT2D eigenvalue weighted by atomic mass is 16.5. The molecular weight excluding hydrogens is 524 g/mol. The smallest absolute Gasteiger partial charge is 0.327 e. The van der Waals surface area contributed by atoms with Gasteiger partial charge in [0, 0.05) is 80.6 Å². The SMILES string of the molecule is CCN1CCN(C(=O)c2ccc(NC(=O)N3CCc4c(-c5cnc(N)nc5)nc(N5CCOCC5)nc43)cc2)CC1. The Hall–Kier alpha value is -4.36. The molecule has 0 bridgehead atoms. The van der Waals surface area contributed by atoms with Crippen molar-refractivity contribution in [2.75, 3.05) is 86.4 Å². The Morgan fingerprint density at radius 2 is 1.66 bits per heavy atom. The summed E-state index contributed by atoms with van der Waals surface area (Å²) in [5.74, 6) is 1.28. The second-order valence-corrected chi connectivity index (χ2v) is 10.2. The molecule has 6 rings (SSSR count). The molecule has 0 spiro atoms. The first-order valence-electron chi connectivity index (χ1n) is 14.0. The molecule has 0 aliphatic carbocycles. The van der Waals surface area contributed by atoms with Crippen LogP contribution in [0.2, 0.25) is 0 Å². The van der Waals surface area contributed by atoms with Crippen molar-refractivity contribution in [1.82, 2.24) is 29.7 Å². The van der Waals surface area contributed by atoms with Gasteiger partial charge in [0.15, 0.2) is 0 Å². The Morgan fingerprint density at radius 3 is 2.34 bits per heavy atom. The van der Waals surface area contributed by atoms with E-state index in [4.69, 9.17) is 20.4 Å². The maximum absolute atomic E-state index is 13.5. The van der Waals surface area contributed by atoms with Gasteiger partial charge in [-0.3, -0.25) is 9.69 Å². The third-order valence-corrected chi connectivity index (χ3v) is 7.79. The van der Waals surface area contributed by atoms with Gasteiger partial charge in [-0.2, -0.15) is 4.98 Å². The second-order valence-electron chi connectivity index (χ2n) is 10.2. The maximum atomic E-state index is 13.5. The van der Waals surface area contributed by atoms with Crippen molar-refractivity contribution in [3.8, 4) is 11.3 Å². The average Bonchev–Trinajstić information content (AvgIpc) is 3.46. The van der Waals surface area contributed by atoms with E-state index in [1.54, 1.807) is 41.6 Å². The summed E-state index contributed by atoms with van der Waals surface area (Å²) in [5.41, 5.74) is 9.18. The molecule has 0 radical (unpaired) electrons. The van der Waals surface area contributed by atoms with Gasteiger partial charge < -0.3 is 30.5 Å². The summed E-state index contributed by atoms with van der Waals surface area (Å²) in [6.07, 6.45) is 3.87. The Morgan fingerprint density at radius 1 is 0.951 bits per heavy atom. The van der Waals surface area contributed by atoms with Crippen LogP contribution in [0.5, 0.6) is 0 Å². The zero-order valence-corrected chi connectivity index (χ0v) is 23.1. The first-order valence-corrected chi connectivity index (χ1v) is 14.0. The zero-order chi connectivity index (χ0) is 28.3. The van der Waals surface area contributed by atoms with Gasteiger partial charge in [0.1, 0.15) is 5.82 Å². The Kier molecular flexibility index (Phi) is 7.61. The molecule has 3 aromatic rings. The number of carbonyl (C=O) groups is 2. The number of aromatic nitrogens is 4. The largest absolute Gasteiger partial charge is 0.378 e. The molecule has 0 unspecified atom stereocenters. The highest BCUT2D eigenvalue weighted by Crippen LogP contribution is 2.35. The van der Waals surface area contributed by atoms with Crippen molar-refractivity contribution in [3.63, 3.8) is 0 Å². The van der Waals surface area contributed by atoms with Crippen molar-refractivity contribution >= 4 is 35.3 Å². The number of piperazine rings is 1. The van der Waals surface area contributed by atoms with Gasteiger partial charge in [-0.25, -0.2) is 19.7 Å². The van der Waals surface area contributed by atoms with Gasteiger partial charge in [0.25, 0.3) is 5.91 Å². The number of nitrogens with one attached hydrogen (secondary N) is 1. The molecule has 2 saturated heterocycles. The number of benzene rings is 1. The average molecular weight is 559 g/mol. The number of nitrogen functional groups attached to an aromatic ring is 1. The molecule has 3 aliphatic rings. The molecule has 214 valence electrons. The topological polar surface area (TPSA) is 146 Å². The fourth-order valence-corrected chi connectivity index (χ4v) is 5.38. The molecule has 13 heteroatoms. The summed E-state index contributed by atoms with van der Waals surface area (Å²) >= 11 is 0. The van der Waals surface area contributed by atoms with Gasteiger partial charge in [-0.1, -0.05) is 6.92 Å². The molecular formula is C28H34N10O3. The molecule has 2 aromatic heterocycles. The van der Waals surface area contributed by atoms with Crippen molar-refractivity contribution in [2.45, 2.75) is 13.3 Å². The van der Waals surface area contributed by atoms with Crippen LogP contribution in [0.4, 0.5) is 28.2 Å². The van der Waals surface area contributed by atoms with Crippen LogP contribution in [0.25, 0.3) is 11.3 Å². The Balaban J connectivity index is 1.21. The van der Waals surface area contributed by atoms with E-state index in [0.29, 0.717) is 73.5 Å². The quantitative estimate of drug-likeness (QED) is 0.475. The van der Waals surface area contributed by atoms with Crippen LogP contribution < -0.4 is 20.9 Å². The van der Waals surface area contributed by atoms with Crippen LogP contribution in [0.3, 0.4) is 0 Å². The predicted octanol–water partition coefficient (Wildman–Crippen LogP) is 1.72. The summed E-state index contributed by atoms with van der Waals surface area (Å²) in [4.78, 5) is 52.3. The van der Waals surface area contributed by atoms with Crippen LogP contribution in [0.1, 0.15) is 22.8 Å². The van der Waals surface area contributed by atoms with Gasteiger partial charge in [0.2, 0.25) is 11.9 Å². The van der Waals surface area contributed by atoms with E-state index in [-0.39, 0.29) is 17.9 Å². The monoisotopic (exact) mass is 558 g/mol. The number of likely N-dealkylation sites (N-methyl/N-ethyl adjacent to an activating group) is 1. The van der Waals surface area contributed by atoms with E-state index in [0.717, 1.165) is 38.3 Å². The number of urea groups is 1. The maximum Gasteiger partial charge on any atom is 0.327 e. The highest BCUT2D eigenvalue weighted by molar-refractivity contribution is 6.03. The fourth-order valence-electron chi connectivity index (χ4n) is 5.38. The summed E-state index contributed by atoms with van der Waals surface area (Å²) < 4.78 is 5.50. The van der Waals surface area contributed by atoms with Crippen LogP contribution in [0, 0.1) is 0 Å². The second kappa shape index (κ2) is 11.6. The molecule has 0 saturated carbocycles. The minimum Gasteiger partial charge on any atom is -0.378 e. The van der Waals surface area contributed by atoms with E-state index in [1.165, 1.54) is 0 Å². The fraction of sp³-hybridized carbons (Fsp3) is 0.429. The number of rotatable bonds is 5. The zero-order valence-electron chi connectivity index (χ0n) is 23.1. The number of hydrogen-bond acceptors (Lipinski definition) is 10. The Bertz CT molecular complexity index is 1400. The van der Waals surface area contributed by atoms with Crippen LogP contribution in [-0.2, 0) is 11.2 Å². The summed E-state index contributed by atoms with van der Waals surface area (Å²) in [5, 5.41) is 2.97. The van der Waals surface area contributed by atoms with E-state index in [2.05, 4.69) is 32.0 Å². The molecule has 1 aromatic carbocycles. The standard InChI is InChI=1S/C28H34N10O3/c1-2-35-9-11-36(12-10-35)25(39)19-3-5-21(6-4-19)32-28(40)38-8-7-22-23(20-17-30-26(29)31-18-20)33-27(34-24(22)38)37-13-15-41-16-14-37/h3-6,17-18H,2,7-16H2,1H3,(H,32,40)(H2,29,30,31). The molecule has 41 heavy (non-hydrogen) atoms. The van der Waals surface area contributed by atoms with Crippen molar-refractivity contribution in [1.29, 1.82) is 0 Å². The first-order chi connectivity index (χ1) is 20.0. The number of nitrogens with two attached hydrogens (primary N) is 1. The third-order valence-electron chi connectivity index (χ3n) is 7.79. The summed E-state index contributed by atoms with van der Waals surface area (Å²) in [7, 11) is 0. The van der Waals surface area contributed by atoms with E-state index in [9.17, 15) is 9.59 Å². The molecule has 3 aliphatic heterocycles. The van der Waals surface area contributed by atoms with Crippen molar-refractivity contribution in [3.05, 3.63) is 47.8 Å². The van der Waals surface area contributed by atoms with Crippen LogP contribution in [-0.4, -0.2) is 107 Å². The van der Waals surface area contributed by atoms with Crippen molar-refractivity contribution in [2.24, 2.45) is 0 Å². The predicted molar refractivity (Wildman–Crippen MR) is 155 cm³/mol. The number of fused-ring (bicyclic) bond motifs is 1. The van der Waals surface area contributed by atoms with E-state index < -0.39 is 0 Å². The third kappa shape index (κ3) is 5.63. The minimum atomic E-state index is -0.301. The lowest BCUT2D eigenvalue weighted by atomic mass is 10.1. The van der Waals surface area contributed by atoms with Gasteiger partial charge in [0.05, 0.1) is 18.9 Å². The lowest BCUT2D eigenvalue weighted by Crippen LogP contribution is -2.48. The van der Waals surface area contributed by atoms with Crippen molar-refractivity contribution < 1.29 is 14.3 Å². The molecule has 3 amide bonds. The minimum absolute atomic E-state index is 0.0126. The normalized spacial score (nSPS) is 17.4. The van der Waals surface area contributed by atoms with Crippen LogP contribution in [0.15, 0.2) is 36.7 Å². The molecule has 13 nitrogen and oxygen atoms in total. The summed E-state index contributed by atoms with van der Waals surface area (Å²) in [6.45, 7) is 9.27. The molecule has 2 fully saturated rings. The number of anilines is 4. The van der Waals surface area contributed by atoms with E-state index in [1.807, 2.05) is 4.90 Å². The van der Waals surface area contributed by atoms with Gasteiger partial charge in [-0.05, 0) is 37.2 Å². The van der Waals surface area contributed by atoms with E-state index >= 15 is 0 Å². The number of amides is 3. The first kappa shape index (κ1) is 26.8. The van der Waals surface area contributed by atoms with Gasteiger partial charge in [-0.15, -0.1) is 0 Å². The molecule has 0 atom stereocenters. The van der Waals surface area contributed by atoms with Gasteiger partial charge >= 0.3 is 6.03 Å². The lowest BCUT2D eigenvalue weighted by Gasteiger charge is -2.34.